The molecule has 88 valence electrons. The molecule has 0 heterocycles. The van der Waals surface area contributed by atoms with Gasteiger partial charge < -0.3 is 16.6 Å². The number of para-hydroxylation sites is 1. The van der Waals surface area contributed by atoms with E-state index in [1.54, 1.807) is 36.4 Å². The lowest BCUT2D eigenvalue weighted by molar-refractivity contribution is 0.112. The number of hydrogen-bond donors (Lipinski definition) is 3. The van der Waals surface area contributed by atoms with Crippen molar-refractivity contribution in [1.82, 2.24) is 0 Å². The average molecular weight is 230 g/mol. The third-order valence-electron chi connectivity index (χ3n) is 1.97. The highest BCUT2D eigenvalue weighted by Crippen LogP contribution is 2.11. The number of phenols is 1. The fraction of sp³-hybridized carbons (Fsp3) is 0. The Bertz CT molecular complexity index is 481. The first kappa shape index (κ1) is 12.6. The van der Waals surface area contributed by atoms with E-state index in [0.29, 0.717) is 23.2 Å². The van der Waals surface area contributed by atoms with Crippen molar-refractivity contribution in [2.45, 2.75) is 0 Å². The van der Waals surface area contributed by atoms with Gasteiger partial charge in [-0.15, -0.1) is 0 Å². The molecule has 2 rings (SSSR count). The molecule has 4 nitrogen and oxygen atoms in total. The molecule has 0 amide bonds. The number of aromatic hydroxyl groups is 1. The third-order valence-corrected chi connectivity index (χ3v) is 1.97. The van der Waals surface area contributed by atoms with Crippen molar-refractivity contribution in [2.75, 3.05) is 11.5 Å². The van der Waals surface area contributed by atoms with Crippen molar-refractivity contribution in [3.63, 3.8) is 0 Å². The highest BCUT2D eigenvalue weighted by atomic mass is 16.3. The molecule has 0 fully saturated rings. The number of phenolic OH excluding ortho intramolecular Hbond substituents is 1. The van der Waals surface area contributed by atoms with E-state index < -0.39 is 0 Å². The van der Waals surface area contributed by atoms with E-state index in [0.717, 1.165) is 0 Å². The van der Waals surface area contributed by atoms with Crippen LogP contribution in [0.4, 0.5) is 11.4 Å². The molecule has 0 saturated heterocycles. The van der Waals surface area contributed by atoms with Crippen molar-refractivity contribution >= 4 is 17.7 Å². The van der Waals surface area contributed by atoms with Crippen LogP contribution in [0.1, 0.15) is 10.4 Å². The van der Waals surface area contributed by atoms with Gasteiger partial charge in [0.1, 0.15) is 5.75 Å². The summed E-state index contributed by atoms with van der Waals surface area (Å²) in [6.07, 6.45) is 0.620. The largest absolute Gasteiger partial charge is 0.507 e. The third kappa shape index (κ3) is 4.25. The van der Waals surface area contributed by atoms with Crippen LogP contribution >= 0.6 is 0 Å². The van der Waals surface area contributed by atoms with Crippen molar-refractivity contribution in [3.05, 3.63) is 54.1 Å². The molecule has 4 heteroatoms. The zero-order valence-corrected chi connectivity index (χ0v) is 9.21. The van der Waals surface area contributed by atoms with E-state index in [1.165, 1.54) is 6.07 Å². The number of nitrogen functional groups attached to an aromatic ring is 2. The maximum atomic E-state index is 10.1. The van der Waals surface area contributed by atoms with Gasteiger partial charge in [0.25, 0.3) is 0 Å². The molecule has 0 atom stereocenters. The highest BCUT2D eigenvalue weighted by Gasteiger charge is 1.93. The molecular weight excluding hydrogens is 216 g/mol. The molecule has 0 aromatic heterocycles. The minimum Gasteiger partial charge on any atom is -0.507 e. The van der Waals surface area contributed by atoms with E-state index in [2.05, 4.69) is 0 Å². The van der Waals surface area contributed by atoms with Gasteiger partial charge >= 0.3 is 0 Å². The molecule has 0 spiro atoms. The molecule has 2 aromatic carbocycles. The minimum atomic E-state index is 0.0347. The van der Waals surface area contributed by atoms with Gasteiger partial charge in [0, 0.05) is 11.4 Å². The first-order valence-corrected chi connectivity index (χ1v) is 4.97. The van der Waals surface area contributed by atoms with E-state index in [9.17, 15) is 4.79 Å². The van der Waals surface area contributed by atoms with Crippen molar-refractivity contribution in [2.24, 2.45) is 0 Å². The molecule has 0 bridgehead atoms. The van der Waals surface area contributed by atoms with Gasteiger partial charge in [-0.1, -0.05) is 18.2 Å². The molecule has 17 heavy (non-hydrogen) atoms. The first-order valence-electron chi connectivity index (χ1n) is 4.97. The van der Waals surface area contributed by atoms with Crippen molar-refractivity contribution in [1.29, 1.82) is 0 Å². The molecule has 0 aliphatic carbocycles. The van der Waals surface area contributed by atoms with Crippen LogP contribution in [-0.2, 0) is 0 Å². The fourth-order valence-electron chi connectivity index (χ4n) is 1.15. The van der Waals surface area contributed by atoms with Crippen LogP contribution in [0.25, 0.3) is 0 Å². The van der Waals surface area contributed by atoms with Crippen LogP contribution in [0.5, 0.6) is 5.75 Å². The number of rotatable bonds is 1. The second kappa shape index (κ2) is 6.17. The molecular formula is C13H14N2O2. The summed E-state index contributed by atoms with van der Waals surface area (Å²) in [4.78, 5) is 10.1. The van der Waals surface area contributed by atoms with E-state index in [4.69, 9.17) is 16.6 Å². The lowest BCUT2D eigenvalue weighted by Gasteiger charge is -1.91. The van der Waals surface area contributed by atoms with Gasteiger partial charge in [-0.3, -0.25) is 4.79 Å². The Morgan fingerprint density at radius 1 is 0.941 bits per heavy atom. The van der Waals surface area contributed by atoms with Crippen molar-refractivity contribution in [3.8, 4) is 5.75 Å². The zero-order valence-electron chi connectivity index (χ0n) is 9.21. The van der Waals surface area contributed by atoms with E-state index in [1.807, 2.05) is 6.07 Å². The average Bonchev–Trinajstić information content (AvgIpc) is 2.30. The van der Waals surface area contributed by atoms with Gasteiger partial charge in [0.15, 0.2) is 6.29 Å². The lowest BCUT2D eigenvalue weighted by atomic mass is 10.2. The normalized spacial score (nSPS) is 8.94. The Labute approximate surface area is 99.5 Å². The number of nitrogens with two attached hydrogens (primary N) is 2. The maximum Gasteiger partial charge on any atom is 0.153 e. The van der Waals surface area contributed by atoms with Crippen LogP contribution in [-0.4, -0.2) is 11.4 Å². The summed E-state index contributed by atoms with van der Waals surface area (Å²) in [6, 6.07) is 13.6. The molecule has 0 radical (unpaired) electrons. The predicted molar refractivity (Wildman–Crippen MR) is 68.8 cm³/mol. The van der Waals surface area contributed by atoms with Gasteiger partial charge in [-0.2, -0.15) is 0 Å². The SMILES string of the molecule is Nc1cccc(N)c1.O=Cc1ccccc1O. The molecule has 0 saturated carbocycles. The molecule has 0 unspecified atom stereocenters. The maximum absolute atomic E-state index is 10.1. The second-order valence-corrected chi connectivity index (χ2v) is 3.35. The molecule has 5 N–H and O–H groups in total. The summed E-state index contributed by atoms with van der Waals surface area (Å²) in [7, 11) is 0. The smallest absolute Gasteiger partial charge is 0.153 e. The summed E-state index contributed by atoms with van der Waals surface area (Å²) in [5.41, 5.74) is 12.5. The van der Waals surface area contributed by atoms with Crippen LogP contribution in [0.3, 0.4) is 0 Å². The Hall–Kier alpha value is -2.49. The molecule has 0 aliphatic rings. The van der Waals surface area contributed by atoms with Crippen molar-refractivity contribution < 1.29 is 9.90 Å². The summed E-state index contributed by atoms with van der Waals surface area (Å²) >= 11 is 0. The number of benzene rings is 2. The molecule has 0 aliphatic heterocycles. The van der Waals surface area contributed by atoms with E-state index >= 15 is 0 Å². The fourth-order valence-corrected chi connectivity index (χ4v) is 1.15. The minimum absolute atomic E-state index is 0.0347. The van der Waals surface area contributed by atoms with Crippen LogP contribution in [0.15, 0.2) is 48.5 Å². The summed E-state index contributed by atoms with van der Waals surface area (Å²) in [6.45, 7) is 0. The van der Waals surface area contributed by atoms with Gasteiger partial charge in [0.05, 0.1) is 5.56 Å². The second-order valence-electron chi connectivity index (χ2n) is 3.35. The van der Waals surface area contributed by atoms with E-state index in [-0.39, 0.29) is 5.75 Å². The molecule has 2 aromatic rings. The van der Waals surface area contributed by atoms with Crippen LogP contribution in [0.2, 0.25) is 0 Å². The number of anilines is 2. The van der Waals surface area contributed by atoms with Gasteiger partial charge in [-0.05, 0) is 30.3 Å². The first-order chi connectivity index (χ1) is 8.13. The Morgan fingerprint density at radius 2 is 1.53 bits per heavy atom. The van der Waals surface area contributed by atoms with Gasteiger partial charge in [0.2, 0.25) is 0 Å². The van der Waals surface area contributed by atoms with Crippen LogP contribution in [0, 0.1) is 0 Å². The van der Waals surface area contributed by atoms with Crippen LogP contribution < -0.4 is 11.5 Å². The number of carbonyl (C=O) groups excluding carboxylic acids is 1. The predicted octanol–water partition coefficient (Wildman–Crippen LogP) is 2.06. The number of hydrogen-bond acceptors (Lipinski definition) is 4. The summed E-state index contributed by atoms with van der Waals surface area (Å²) < 4.78 is 0. The Kier molecular flexibility index (Phi) is 4.57. The lowest BCUT2D eigenvalue weighted by Crippen LogP contribution is -1.87. The Balaban J connectivity index is 0.000000171. The topological polar surface area (TPSA) is 89.3 Å². The monoisotopic (exact) mass is 230 g/mol. The quantitative estimate of drug-likeness (QED) is 0.516. The summed E-state index contributed by atoms with van der Waals surface area (Å²) in [5, 5.41) is 8.88. The highest BCUT2D eigenvalue weighted by molar-refractivity contribution is 5.78. The zero-order chi connectivity index (χ0) is 12.7. The standard InChI is InChI=1S/C7H6O2.C6H8N2/c8-5-6-3-1-2-4-7(6)9;7-5-2-1-3-6(8)4-5/h1-5,9H;1-4H,7-8H2. The summed E-state index contributed by atoms with van der Waals surface area (Å²) in [5.74, 6) is 0.0347. The number of carbonyl (C=O) groups is 1. The van der Waals surface area contributed by atoms with Gasteiger partial charge in [-0.25, -0.2) is 0 Å². The Morgan fingerprint density at radius 3 is 1.88 bits per heavy atom. The number of aldehydes is 1.